The third-order valence-corrected chi connectivity index (χ3v) is 1.76. The number of carbonyl (C=O) groups is 3. The van der Waals surface area contributed by atoms with Crippen LogP contribution in [0.25, 0.3) is 0 Å². The minimum absolute atomic E-state index is 0.156. The molecule has 7 heteroatoms. The lowest BCUT2D eigenvalue weighted by atomic mass is 10.2. The molecule has 0 saturated carbocycles. The molecule has 0 spiro atoms. The summed E-state index contributed by atoms with van der Waals surface area (Å²) in [4.78, 5) is 31.5. The molecule has 0 bridgehead atoms. The second kappa shape index (κ2) is 5.50. The van der Waals surface area contributed by atoms with E-state index in [0.29, 0.717) is 6.29 Å². The summed E-state index contributed by atoms with van der Waals surface area (Å²) >= 11 is 0. The maximum atomic E-state index is 11.0. The van der Waals surface area contributed by atoms with Crippen molar-refractivity contribution in [2.75, 3.05) is 11.9 Å². The smallest absolute Gasteiger partial charge is 0.412 e. The first-order valence-electron chi connectivity index (χ1n) is 4.48. The number of hydrogen-bond donors (Lipinski definition) is 3. The van der Waals surface area contributed by atoms with Gasteiger partial charge in [0.05, 0.1) is 0 Å². The van der Waals surface area contributed by atoms with Crippen molar-refractivity contribution in [2.24, 2.45) is 0 Å². The fourth-order valence-electron chi connectivity index (χ4n) is 1.05. The Morgan fingerprint density at radius 2 is 2.12 bits per heavy atom. The van der Waals surface area contributed by atoms with E-state index in [4.69, 9.17) is 5.11 Å². The van der Waals surface area contributed by atoms with E-state index in [2.05, 4.69) is 10.1 Å². The first-order chi connectivity index (χ1) is 8.04. The van der Waals surface area contributed by atoms with E-state index < -0.39 is 17.8 Å². The number of ether oxygens (including phenoxy) is 1. The molecule has 0 aliphatic carbocycles. The number of phenols is 1. The third-order valence-electron chi connectivity index (χ3n) is 1.76. The Labute approximate surface area is 95.6 Å². The second-order valence-electron chi connectivity index (χ2n) is 2.93. The molecule has 7 nitrogen and oxygen atoms in total. The molecule has 0 fully saturated rings. The molecule has 3 N–H and O–H groups in total. The number of benzene rings is 1. The van der Waals surface area contributed by atoms with Crippen LogP contribution in [0.4, 0.5) is 10.5 Å². The van der Waals surface area contributed by atoms with Gasteiger partial charge in [0.2, 0.25) is 0 Å². The number of carboxylic acids is 1. The van der Waals surface area contributed by atoms with Gasteiger partial charge in [-0.3, -0.25) is 10.1 Å². The molecule has 0 unspecified atom stereocenters. The number of aromatic hydroxyl groups is 1. The fourth-order valence-corrected chi connectivity index (χ4v) is 1.05. The highest BCUT2D eigenvalue weighted by molar-refractivity contribution is 5.92. The average Bonchev–Trinajstić information content (AvgIpc) is 2.26. The summed E-state index contributed by atoms with van der Waals surface area (Å²) in [5, 5.41) is 20.2. The topological polar surface area (TPSA) is 113 Å². The predicted molar refractivity (Wildman–Crippen MR) is 56.1 cm³/mol. The molecule has 0 radical (unpaired) electrons. The number of rotatable bonds is 4. The molecule has 1 aromatic carbocycles. The number of carboxylic acid groups (broad SMARTS) is 1. The molecule has 0 aliphatic rings. The van der Waals surface area contributed by atoms with Gasteiger partial charge in [0.1, 0.15) is 17.9 Å². The van der Waals surface area contributed by atoms with Crippen LogP contribution in [-0.4, -0.2) is 35.2 Å². The van der Waals surface area contributed by atoms with Crippen molar-refractivity contribution in [3.05, 3.63) is 23.8 Å². The quantitative estimate of drug-likeness (QED) is 0.671. The molecule has 17 heavy (non-hydrogen) atoms. The van der Waals surface area contributed by atoms with Gasteiger partial charge in [-0.1, -0.05) is 0 Å². The zero-order valence-electron chi connectivity index (χ0n) is 8.54. The van der Waals surface area contributed by atoms with Crippen molar-refractivity contribution in [3.63, 3.8) is 0 Å². The van der Waals surface area contributed by atoms with Crippen LogP contribution in [0.15, 0.2) is 18.2 Å². The van der Waals surface area contributed by atoms with Gasteiger partial charge in [0, 0.05) is 11.8 Å². The van der Waals surface area contributed by atoms with Gasteiger partial charge in [-0.25, -0.2) is 9.59 Å². The number of aldehydes is 1. The van der Waals surface area contributed by atoms with Gasteiger partial charge < -0.3 is 14.9 Å². The van der Waals surface area contributed by atoms with Crippen LogP contribution in [0.1, 0.15) is 10.4 Å². The molecule has 1 aromatic rings. The molecule has 0 aliphatic heterocycles. The second-order valence-corrected chi connectivity index (χ2v) is 2.93. The van der Waals surface area contributed by atoms with E-state index in [1.807, 2.05) is 0 Å². The molecule has 0 heterocycles. The molecule has 0 saturated heterocycles. The summed E-state index contributed by atoms with van der Waals surface area (Å²) in [5.41, 5.74) is -0.125. The summed E-state index contributed by atoms with van der Waals surface area (Å²) < 4.78 is 4.40. The highest BCUT2D eigenvalue weighted by Crippen LogP contribution is 2.21. The first kappa shape index (κ1) is 12.5. The molecule has 90 valence electrons. The molecule has 1 amide bonds. The Bertz CT molecular complexity index is 456. The Kier molecular flexibility index (Phi) is 4.04. The monoisotopic (exact) mass is 239 g/mol. The minimum Gasteiger partial charge on any atom is -0.507 e. The predicted octanol–water partition coefficient (Wildman–Crippen LogP) is 0.838. The van der Waals surface area contributed by atoms with E-state index in [-0.39, 0.29) is 17.9 Å². The van der Waals surface area contributed by atoms with E-state index in [0.717, 1.165) is 12.1 Å². The Balaban J connectivity index is 2.74. The zero-order chi connectivity index (χ0) is 12.8. The molecule has 0 aromatic heterocycles. The maximum absolute atomic E-state index is 11.0. The molecule has 1 rings (SSSR count). The highest BCUT2D eigenvalue weighted by Gasteiger charge is 2.11. The van der Waals surface area contributed by atoms with Gasteiger partial charge in [-0.05, 0) is 12.1 Å². The molecular weight excluding hydrogens is 230 g/mol. The largest absolute Gasteiger partial charge is 0.507 e. The van der Waals surface area contributed by atoms with Crippen molar-refractivity contribution >= 4 is 24.0 Å². The van der Waals surface area contributed by atoms with Crippen molar-refractivity contribution in [2.45, 2.75) is 0 Å². The van der Waals surface area contributed by atoms with Crippen LogP contribution < -0.4 is 5.32 Å². The van der Waals surface area contributed by atoms with Gasteiger partial charge in [0.25, 0.3) is 0 Å². The lowest BCUT2D eigenvalue weighted by Gasteiger charge is -2.06. The number of amides is 1. The Morgan fingerprint density at radius 1 is 1.41 bits per heavy atom. The lowest BCUT2D eigenvalue weighted by molar-refractivity contribution is -0.110. The van der Waals surface area contributed by atoms with Crippen LogP contribution in [-0.2, 0) is 9.53 Å². The Hall–Kier alpha value is -2.57. The van der Waals surface area contributed by atoms with E-state index in [1.54, 1.807) is 0 Å². The Morgan fingerprint density at radius 3 is 2.65 bits per heavy atom. The number of carbonyl (C=O) groups excluding carboxylic acids is 2. The summed E-state index contributed by atoms with van der Waals surface area (Å²) in [7, 11) is 0. The zero-order valence-corrected chi connectivity index (χ0v) is 8.54. The average molecular weight is 239 g/mol. The van der Waals surface area contributed by atoms with Crippen LogP contribution in [0, 0.1) is 0 Å². The summed E-state index contributed by atoms with van der Waals surface area (Å²) in [6.07, 6.45) is -0.468. The van der Waals surface area contributed by atoms with Crippen LogP contribution in [0.3, 0.4) is 0 Å². The van der Waals surface area contributed by atoms with Gasteiger partial charge in [-0.15, -0.1) is 0 Å². The van der Waals surface area contributed by atoms with E-state index in [9.17, 15) is 19.5 Å². The lowest BCUT2D eigenvalue weighted by Crippen LogP contribution is -2.14. The molecular formula is C10H9NO6. The van der Waals surface area contributed by atoms with Crippen molar-refractivity contribution in [1.29, 1.82) is 0 Å². The third kappa shape index (κ3) is 3.49. The van der Waals surface area contributed by atoms with Crippen LogP contribution in [0.5, 0.6) is 5.75 Å². The standard InChI is InChI=1S/C10H9NO6/c12-3-4-17-10(16)11-6-1-2-7(9(14)15)8(13)5-6/h1-3,5,13H,4H2,(H,11,16)(H,14,15). The van der Waals surface area contributed by atoms with E-state index in [1.165, 1.54) is 6.07 Å². The number of hydrogen-bond acceptors (Lipinski definition) is 5. The molecule has 0 atom stereocenters. The maximum Gasteiger partial charge on any atom is 0.412 e. The van der Waals surface area contributed by atoms with Crippen molar-refractivity contribution < 1.29 is 29.3 Å². The fraction of sp³-hybridized carbons (Fsp3) is 0.100. The number of anilines is 1. The van der Waals surface area contributed by atoms with E-state index >= 15 is 0 Å². The SMILES string of the molecule is O=CCOC(=O)Nc1ccc(C(=O)O)c(O)c1. The first-order valence-corrected chi connectivity index (χ1v) is 4.48. The summed E-state index contributed by atoms with van der Waals surface area (Å²) in [5.74, 6) is -1.76. The highest BCUT2D eigenvalue weighted by atomic mass is 16.5. The number of aromatic carboxylic acids is 1. The normalized spacial score (nSPS) is 9.41. The summed E-state index contributed by atoms with van der Waals surface area (Å²) in [6.45, 7) is -0.384. The van der Waals surface area contributed by atoms with Gasteiger partial charge in [0.15, 0.2) is 6.29 Å². The van der Waals surface area contributed by atoms with Crippen molar-refractivity contribution in [3.8, 4) is 5.75 Å². The number of nitrogens with one attached hydrogen (secondary N) is 1. The van der Waals surface area contributed by atoms with Crippen LogP contribution >= 0.6 is 0 Å². The minimum atomic E-state index is -1.28. The van der Waals surface area contributed by atoms with Gasteiger partial charge in [-0.2, -0.15) is 0 Å². The summed E-state index contributed by atoms with van der Waals surface area (Å²) in [6, 6.07) is 3.48. The van der Waals surface area contributed by atoms with Gasteiger partial charge >= 0.3 is 12.1 Å². The van der Waals surface area contributed by atoms with Crippen LogP contribution in [0.2, 0.25) is 0 Å². The van der Waals surface area contributed by atoms with Crippen molar-refractivity contribution in [1.82, 2.24) is 0 Å².